The molecule has 0 amide bonds. The van der Waals surface area contributed by atoms with Crippen LogP contribution in [-0.2, 0) is 0 Å². The van der Waals surface area contributed by atoms with Crippen LogP contribution < -0.4 is 5.73 Å². The number of nitrogens with two attached hydrogens (primary N) is 1. The molecule has 1 aromatic rings. The Balaban J connectivity index is 2.14. The third kappa shape index (κ3) is 2.25. The van der Waals surface area contributed by atoms with Gasteiger partial charge in [-0.2, -0.15) is 0 Å². The fourth-order valence-corrected chi connectivity index (χ4v) is 2.38. The molecule has 16 heavy (non-hydrogen) atoms. The lowest BCUT2D eigenvalue weighted by molar-refractivity contribution is 0.340. The van der Waals surface area contributed by atoms with Crippen LogP contribution in [0.15, 0.2) is 6.33 Å². The molecule has 1 unspecified atom stereocenters. The van der Waals surface area contributed by atoms with Crippen LogP contribution in [0.3, 0.4) is 0 Å². The minimum absolute atomic E-state index is 0.186. The molecule has 1 aliphatic rings. The van der Waals surface area contributed by atoms with Crippen LogP contribution in [0.1, 0.15) is 56.4 Å². The average molecular weight is 218 g/mol. The van der Waals surface area contributed by atoms with Crippen molar-refractivity contribution in [2.75, 3.05) is 0 Å². The quantitative estimate of drug-likeness (QED) is 0.787. The van der Waals surface area contributed by atoms with Crippen molar-refractivity contribution in [3.05, 3.63) is 12.2 Å². The van der Waals surface area contributed by atoms with Gasteiger partial charge in [-0.25, -0.2) is 0 Å². The van der Waals surface area contributed by atoms with E-state index in [1.54, 1.807) is 6.33 Å². The zero-order chi connectivity index (χ0) is 11.4. The minimum Gasteiger partial charge on any atom is -0.321 e. The van der Waals surface area contributed by atoms with E-state index < -0.39 is 0 Å². The summed E-state index contributed by atoms with van der Waals surface area (Å²) in [5.74, 6) is 3.42. The SMILES string of the molecule is C#CCC(N)c1nncn1C1CCCCC1. The van der Waals surface area contributed by atoms with E-state index in [9.17, 15) is 0 Å². The zero-order valence-electron chi connectivity index (χ0n) is 9.47. The first-order chi connectivity index (χ1) is 7.83. The summed E-state index contributed by atoms with van der Waals surface area (Å²) < 4.78 is 2.13. The monoisotopic (exact) mass is 218 g/mol. The molecule has 0 spiro atoms. The van der Waals surface area contributed by atoms with E-state index in [0.717, 1.165) is 5.82 Å². The first-order valence-corrected chi connectivity index (χ1v) is 5.91. The first-order valence-electron chi connectivity index (χ1n) is 5.91. The maximum absolute atomic E-state index is 5.99. The summed E-state index contributed by atoms with van der Waals surface area (Å²) in [6.07, 6.45) is 13.9. The van der Waals surface area contributed by atoms with Crippen molar-refractivity contribution in [3.63, 3.8) is 0 Å². The highest BCUT2D eigenvalue weighted by Crippen LogP contribution is 2.29. The molecular formula is C12H18N4. The molecular weight excluding hydrogens is 200 g/mol. The lowest BCUT2D eigenvalue weighted by Crippen LogP contribution is -2.20. The third-order valence-corrected chi connectivity index (χ3v) is 3.24. The molecule has 0 aromatic carbocycles. The van der Waals surface area contributed by atoms with Crippen LogP contribution in [0.4, 0.5) is 0 Å². The fraction of sp³-hybridized carbons (Fsp3) is 0.667. The highest BCUT2D eigenvalue weighted by molar-refractivity contribution is 5.02. The van der Waals surface area contributed by atoms with Crippen molar-refractivity contribution in [2.24, 2.45) is 5.73 Å². The van der Waals surface area contributed by atoms with Gasteiger partial charge in [0, 0.05) is 12.5 Å². The van der Waals surface area contributed by atoms with Gasteiger partial charge in [0.25, 0.3) is 0 Å². The second-order valence-corrected chi connectivity index (χ2v) is 4.40. The molecule has 0 radical (unpaired) electrons. The molecule has 2 N–H and O–H groups in total. The van der Waals surface area contributed by atoms with Gasteiger partial charge in [-0.05, 0) is 12.8 Å². The van der Waals surface area contributed by atoms with E-state index in [-0.39, 0.29) is 6.04 Å². The number of nitrogens with zero attached hydrogens (tertiary/aromatic N) is 3. The van der Waals surface area contributed by atoms with E-state index >= 15 is 0 Å². The van der Waals surface area contributed by atoms with Gasteiger partial charge in [0.2, 0.25) is 0 Å². The Hall–Kier alpha value is -1.34. The Morgan fingerprint density at radius 1 is 1.50 bits per heavy atom. The Morgan fingerprint density at radius 3 is 2.94 bits per heavy atom. The highest BCUT2D eigenvalue weighted by Gasteiger charge is 2.21. The van der Waals surface area contributed by atoms with Crippen molar-refractivity contribution in [1.82, 2.24) is 14.8 Å². The van der Waals surface area contributed by atoms with E-state index in [2.05, 4.69) is 20.7 Å². The molecule has 4 heteroatoms. The second kappa shape index (κ2) is 5.13. The van der Waals surface area contributed by atoms with Crippen molar-refractivity contribution in [1.29, 1.82) is 0 Å². The molecule has 1 aliphatic carbocycles. The molecule has 1 atom stereocenters. The van der Waals surface area contributed by atoms with Crippen LogP contribution in [0, 0.1) is 12.3 Å². The Kier molecular flexibility index (Phi) is 3.58. The maximum Gasteiger partial charge on any atom is 0.151 e. The van der Waals surface area contributed by atoms with Crippen molar-refractivity contribution in [2.45, 2.75) is 50.6 Å². The molecule has 1 saturated carbocycles. The maximum atomic E-state index is 5.99. The predicted molar refractivity (Wildman–Crippen MR) is 62.5 cm³/mol. The zero-order valence-corrected chi connectivity index (χ0v) is 9.47. The minimum atomic E-state index is -0.186. The smallest absolute Gasteiger partial charge is 0.151 e. The van der Waals surface area contributed by atoms with Gasteiger partial charge < -0.3 is 10.3 Å². The number of hydrogen-bond donors (Lipinski definition) is 1. The van der Waals surface area contributed by atoms with Gasteiger partial charge >= 0.3 is 0 Å². The second-order valence-electron chi connectivity index (χ2n) is 4.40. The predicted octanol–water partition coefficient (Wildman–Crippen LogP) is 1.81. The number of terminal acetylenes is 1. The Morgan fingerprint density at radius 2 is 2.25 bits per heavy atom. The molecule has 1 fully saturated rings. The first kappa shape index (κ1) is 11.2. The van der Waals surface area contributed by atoms with Crippen LogP contribution in [0.5, 0.6) is 0 Å². The topological polar surface area (TPSA) is 56.7 Å². The number of rotatable bonds is 3. The van der Waals surface area contributed by atoms with Crippen LogP contribution >= 0.6 is 0 Å². The molecule has 2 rings (SSSR count). The summed E-state index contributed by atoms with van der Waals surface area (Å²) in [4.78, 5) is 0. The van der Waals surface area contributed by atoms with Crippen LogP contribution in [0.2, 0.25) is 0 Å². The largest absolute Gasteiger partial charge is 0.321 e. The Labute approximate surface area is 96.2 Å². The lowest BCUT2D eigenvalue weighted by atomic mass is 9.95. The van der Waals surface area contributed by atoms with Gasteiger partial charge in [0.15, 0.2) is 5.82 Å². The standard InChI is InChI=1S/C12H18N4/c1-2-6-11(13)12-15-14-9-16(12)10-7-4-3-5-8-10/h1,9-11H,3-8,13H2. The van der Waals surface area contributed by atoms with Crippen molar-refractivity contribution < 1.29 is 0 Å². The summed E-state index contributed by atoms with van der Waals surface area (Å²) in [6.45, 7) is 0. The highest BCUT2D eigenvalue weighted by atomic mass is 15.3. The molecule has 4 nitrogen and oxygen atoms in total. The Bertz CT molecular complexity index is 371. The van der Waals surface area contributed by atoms with Crippen molar-refractivity contribution >= 4 is 0 Å². The average Bonchev–Trinajstić information content (AvgIpc) is 2.79. The van der Waals surface area contributed by atoms with Gasteiger partial charge in [-0.3, -0.25) is 0 Å². The number of aromatic nitrogens is 3. The molecule has 0 saturated heterocycles. The summed E-state index contributed by atoms with van der Waals surface area (Å²) in [6, 6.07) is 0.331. The summed E-state index contributed by atoms with van der Waals surface area (Å²) in [5.41, 5.74) is 5.99. The summed E-state index contributed by atoms with van der Waals surface area (Å²) in [7, 11) is 0. The van der Waals surface area contributed by atoms with E-state index in [1.807, 2.05) is 0 Å². The van der Waals surface area contributed by atoms with Gasteiger partial charge in [0.1, 0.15) is 6.33 Å². The normalized spacial score (nSPS) is 19.2. The molecule has 86 valence electrons. The third-order valence-electron chi connectivity index (χ3n) is 3.24. The van der Waals surface area contributed by atoms with E-state index in [0.29, 0.717) is 12.5 Å². The van der Waals surface area contributed by atoms with Crippen LogP contribution in [0.25, 0.3) is 0 Å². The van der Waals surface area contributed by atoms with Gasteiger partial charge in [0.05, 0.1) is 6.04 Å². The van der Waals surface area contributed by atoms with E-state index in [4.69, 9.17) is 12.2 Å². The molecule has 1 heterocycles. The fourth-order valence-electron chi connectivity index (χ4n) is 2.38. The summed E-state index contributed by atoms with van der Waals surface area (Å²) in [5, 5.41) is 8.07. The lowest BCUT2D eigenvalue weighted by Gasteiger charge is -2.25. The van der Waals surface area contributed by atoms with Gasteiger partial charge in [-0.15, -0.1) is 22.5 Å². The van der Waals surface area contributed by atoms with Gasteiger partial charge in [-0.1, -0.05) is 19.3 Å². The molecule has 0 aliphatic heterocycles. The molecule has 0 bridgehead atoms. The molecule has 1 aromatic heterocycles. The summed E-state index contributed by atoms with van der Waals surface area (Å²) >= 11 is 0. The number of hydrogen-bond acceptors (Lipinski definition) is 3. The van der Waals surface area contributed by atoms with Crippen molar-refractivity contribution in [3.8, 4) is 12.3 Å². The van der Waals surface area contributed by atoms with E-state index in [1.165, 1.54) is 32.1 Å². The van der Waals surface area contributed by atoms with Crippen LogP contribution in [-0.4, -0.2) is 14.8 Å².